The maximum absolute atomic E-state index is 14.4. The van der Waals surface area contributed by atoms with E-state index in [1.807, 2.05) is 41.5 Å². The van der Waals surface area contributed by atoms with Crippen LogP contribution in [0.5, 0.6) is 0 Å². The highest BCUT2D eigenvalue weighted by Crippen LogP contribution is 2.95. The Morgan fingerprint density at radius 1 is 0.911 bits per heavy atom. The number of primary amides is 1. The van der Waals surface area contributed by atoms with Gasteiger partial charge in [0.25, 0.3) is 5.91 Å². The molecule has 1 saturated heterocycles. The zero-order valence-corrected chi connectivity index (χ0v) is 28.5. The molecule has 5 fully saturated rings. The Bertz CT molecular complexity index is 1230. The minimum absolute atomic E-state index is 0.0392. The number of Topliss-reactive ketones (excluding diaryl/α,β-unsaturated/α-hetero) is 1. The van der Waals surface area contributed by atoms with E-state index in [9.17, 15) is 24.0 Å². The lowest BCUT2D eigenvalue weighted by molar-refractivity contribution is -0.154. The summed E-state index contributed by atoms with van der Waals surface area (Å²) in [7, 11) is 0. The molecular formula is C34H55N5O6. The van der Waals surface area contributed by atoms with Gasteiger partial charge < -0.3 is 20.7 Å². The Morgan fingerprint density at radius 3 is 2.00 bits per heavy atom. The first-order chi connectivity index (χ1) is 20.8. The first kappa shape index (κ1) is 33.8. The largest absolute Gasteiger partial charge is 0.461 e. The van der Waals surface area contributed by atoms with Crippen LogP contribution in [0, 0.1) is 39.4 Å². The number of hydrogen-bond acceptors (Lipinski definition) is 8. The van der Waals surface area contributed by atoms with E-state index in [4.69, 9.17) is 10.5 Å². The summed E-state index contributed by atoms with van der Waals surface area (Å²) in [6.45, 7) is 16.8. The molecule has 3 unspecified atom stereocenters. The molecule has 45 heavy (non-hydrogen) atoms. The monoisotopic (exact) mass is 629 g/mol. The van der Waals surface area contributed by atoms with Gasteiger partial charge in [0, 0.05) is 18.6 Å². The lowest BCUT2D eigenvalue weighted by Gasteiger charge is -2.38. The SMILES string of the molecule is CC(C)(C)[C@H](NCN[C@H](C(=O)N1C[C@@H]2C3C(C)(C)C32[C@H]1C(=O)NC(CC1CC1)C(=O)C(N)=O)C(C)(C)C)C(=O)OC1CCCC1. The lowest BCUT2D eigenvalue weighted by atomic mass is 9.83. The van der Waals surface area contributed by atoms with Gasteiger partial charge in [-0.3, -0.25) is 34.6 Å². The van der Waals surface area contributed by atoms with Gasteiger partial charge >= 0.3 is 5.97 Å². The number of carbonyl (C=O) groups is 5. The highest BCUT2D eigenvalue weighted by Gasteiger charge is 2.97. The second-order valence-corrected chi connectivity index (χ2v) is 17.1. The lowest BCUT2D eigenvalue weighted by Crippen LogP contribution is -2.61. The summed E-state index contributed by atoms with van der Waals surface area (Å²) in [5.41, 5.74) is 4.00. The molecule has 7 atom stereocenters. The second-order valence-electron chi connectivity index (χ2n) is 17.1. The zero-order valence-electron chi connectivity index (χ0n) is 28.5. The van der Waals surface area contributed by atoms with Crippen molar-refractivity contribution in [1.29, 1.82) is 0 Å². The molecule has 3 amide bonds. The van der Waals surface area contributed by atoms with Crippen molar-refractivity contribution in [3.8, 4) is 0 Å². The third kappa shape index (κ3) is 6.15. The smallest absolute Gasteiger partial charge is 0.323 e. The van der Waals surface area contributed by atoms with Crippen LogP contribution in [0.1, 0.15) is 100 Å². The number of ketones is 1. The van der Waals surface area contributed by atoms with Crippen LogP contribution in [0.15, 0.2) is 0 Å². The van der Waals surface area contributed by atoms with Gasteiger partial charge in [-0.2, -0.15) is 0 Å². The third-order valence-corrected chi connectivity index (χ3v) is 11.5. The van der Waals surface area contributed by atoms with Crippen molar-refractivity contribution >= 4 is 29.5 Å². The van der Waals surface area contributed by atoms with E-state index in [-0.39, 0.29) is 53.2 Å². The molecule has 11 nitrogen and oxygen atoms in total. The summed E-state index contributed by atoms with van der Waals surface area (Å²) in [5.74, 6) is -1.83. The molecule has 4 aliphatic carbocycles. The van der Waals surface area contributed by atoms with Crippen LogP contribution in [0.3, 0.4) is 0 Å². The van der Waals surface area contributed by atoms with Crippen LogP contribution in [0.4, 0.5) is 0 Å². The van der Waals surface area contributed by atoms with Gasteiger partial charge in [0.1, 0.15) is 18.2 Å². The summed E-state index contributed by atoms with van der Waals surface area (Å²) in [6, 6.07) is -2.94. The number of rotatable bonds is 13. The summed E-state index contributed by atoms with van der Waals surface area (Å²) >= 11 is 0. The average Bonchev–Trinajstić information content (AvgIpc) is 3.85. The summed E-state index contributed by atoms with van der Waals surface area (Å²) in [5, 5.41) is 9.56. The quantitative estimate of drug-likeness (QED) is 0.137. The highest BCUT2D eigenvalue weighted by atomic mass is 16.5. The van der Waals surface area contributed by atoms with Crippen molar-refractivity contribution in [2.45, 2.75) is 131 Å². The van der Waals surface area contributed by atoms with E-state index in [1.165, 1.54) is 0 Å². The third-order valence-electron chi connectivity index (χ3n) is 11.5. The van der Waals surface area contributed by atoms with Gasteiger partial charge in [0.05, 0.1) is 12.1 Å². The molecule has 0 bridgehead atoms. The Balaban J connectivity index is 1.31. The number of nitrogens with one attached hydrogen (secondary N) is 3. The number of carbonyl (C=O) groups excluding carboxylic acids is 5. The molecule has 0 aromatic carbocycles. The fourth-order valence-corrected chi connectivity index (χ4v) is 8.89. The Morgan fingerprint density at radius 2 is 1.49 bits per heavy atom. The van der Waals surface area contributed by atoms with E-state index in [1.54, 1.807) is 4.90 Å². The number of hydrogen-bond donors (Lipinski definition) is 4. The second kappa shape index (κ2) is 11.6. The summed E-state index contributed by atoms with van der Waals surface area (Å²) in [4.78, 5) is 67.9. The normalized spacial score (nSPS) is 30.5. The van der Waals surface area contributed by atoms with Crippen LogP contribution in [-0.2, 0) is 28.7 Å². The number of amides is 3. The van der Waals surface area contributed by atoms with Gasteiger partial charge in [-0.25, -0.2) is 0 Å². The van der Waals surface area contributed by atoms with Crippen molar-refractivity contribution < 1.29 is 28.7 Å². The molecule has 11 heteroatoms. The molecule has 0 radical (unpaired) electrons. The van der Waals surface area contributed by atoms with Crippen LogP contribution in [-0.4, -0.2) is 77.9 Å². The van der Waals surface area contributed by atoms with E-state index in [0.29, 0.717) is 18.9 Å². The van der Waals surface area contributed by atoms with Crippen LogP contribution >= 0.6 is 0 Å². The number of esters is 1. The predicted octanol–water partition coefficient (Wildman–Crippen LogP) is 2.26. The first-order valence-electron chi connectivity index (χ1n) is 16.9. The van der Waals surface area contributed by atoms with E-state index in [2.05, 4.69) is 29.8 Å². The van der Waals surface area contributed by atoms with Crippen molar-refractivity contribution in [1.82, 2.24) is 20.9 Å². The topological polar surface area (TPSA) is 160 Å². The number of fused-ring (bicyclic) bond motifs is 1. The Hall–Kier alpha value is -2.53. The van der Waals surface area contributed by atoms with Crippen LogP contribution < -0.4 is 21.7 Å². The maximum Gasteiger partial charge on any atom is 0.323 e. The molecule has 1 spiro atoms. The average molecular weight is 630 g/mol. The number of nitrogens with zero attached hydrogens (tertiary/aromatic N) is 1. The van der Waals surface area contributed by atoms with Gasteiger partial charge in [0.2, 0.25) is 17.6 Å². The van der Waals surface area contributed by atoms with Crippen molar-refractivity contribution in [3.05, 3.63) is 0 Å². The van der Waals surface area contributed by atoms with Gasteiger partial charge in [0.15, 0.2) is 0 Å². The van der Waals surface area contributed by atoms with Gasteiger partial charge in [-0.05, 0) is 66.1 Å². The number of piperidine rings is 1. The molecule has 252 valence electrons. The predicted molar refractivity (Wildman–Crippen MR) is 168 cm³/mol. The van der Waals surface area contributed by atoms with Crippen LogP contribution in [0.25, 0.3) is 0 Å². The van der Waals surface area contributed by atoms with Crippen molar-refractivity contribution in [3.63, 3.8) is 0 Å². The molecule has 0 aromatic rings. The molecule has 1 heterocycles. The summed E-state index contributed by atoms with van der Waals surface area (Å²) < 4.78 is 5.84. The molecule has 5 aliphatic rings. The molecule has 5 rings (SSSR count). The first-order valence-corrected chi connectivity index (χ1v) is 16.9. The number of likely N-dealkylation sites (tertiary alicyclic amines) is 1. The standard InChI is InChI=1S/C34H55N5O6/c1-31(2,3)24(36-17-37-25(32(4,5)6)30(44)45-19-11-9-10-12-19)29(43)39-16-20-23-33(7,8)34(20,23)26(39)28(42)38-21(15-18-13-14-18)22(40)27(35)41/h18-21,23-26,36-37H,9-17H2,1-8H3,(H2,35,41)(H,38,42)/t20-,21?,23?,24-,25-,26-,34?/m1/s1. The van der Waals surface area contributed by atoms with Gasteiger partial charge in [-0.1, -0.05) is 68.2 Å². The molecule has 4 saturated carbocycles. The van der Waals surface area contributed by atoms with Crippen LogP contribution in [0.2, 0.25) is 0 Å². The fourth-order valence-electron chi connectivity index (χ4n) is 8.89. The van der Waals surface area contributed by atoms with E-state index < -0.39 is 46.7 Å². The van der Waals surface area contributed by atoms with Crippen molar-refractivity contribution in [2.75, 3.05) is 13.2 Å². The van der Waals surface area contributed by atoms with Gasteiger partial charge in [-0.15, -0.1) is 0 Å². The Kier molecular flexibility index (Phi) is 8.73. The molecule has 0 aromatic heterocycles. The minimum Gasteiger partial charge on any atom is -0.461 e. The van der Waals surface area contributed by atoms with E-state index in [0.717, 1.165) is 38.5 Å². The van der Waals surface area contributed by atoms with Crippen molar-refractivity contribution in [2.24, 2.45) is 45.1 Å². The molecular weight excluding hydrogens is 574 g/mol. The molecule has 5 N–H and O–H groups in total. The highest BCUT2D eigenvalue weighted by molar-refractivity contribution is 6.37. The fraction of sp³-hybridized carbons (Fsp3) is 0.853. The maximum atomic E-state index is 14.4. The Labute approximate surface area is 267 Å². The minimum atomic E-state index is -1.06. The number of nitrogens with two attached hydrogens (primary N) is 1. The summed E-state index contributed by atoms with van der Waals surface area (Å²) in [6.07, 6.45) is 6.18. The number of ether oxygens (including phenoxy) is 1. The molecule has 1 aliphatic heterocycles. The van der Waals surface area contributed by atoms with E-state index >= 15 is 0 Å². The zero-order chi connectivity index (χ0) is 33.3.